The molecule has 10 heteroatoms. The van der Waals surface area contributed by atoms with Gasteiger partial charge in [0.05, 0.1) is 4.92 Å². The van der Waals surface area contributed by atoms with Gasteiger partial charge in [-0.2, -0.15) is 0 Å². The number of amides is 3. The number of halogens is 1. The van der Waals surface area contributed by atoms with Crippen LogP contribution < -0.4 is 20.9 Å². The number of non-ortho nitro benzene ring substituents is 1. The van der Waals surface area contributed by atoms with Gasteiger partial charge in [0.25, 0.3) is 11.6 Å². The Balaban J connectivity index is 1.72. The number of nitrogens with one attached hydrogen (secondary N) is 3. The molecule has 9 nitrogen and oxygen atoms in total. The number of nitrogens with zero attached hydrogens (tertiary/aromatic N) is 1. The monoisotopic (exact) mass is 364 g/mol. The number of hydrazine groups is 1. The number of nitro groups is 1. The Morgan fingerprint density at radius 3 is 2.28 bits per heavy atom. The van der Waals surface area contributed by atoms with Crippen LogP contribution in [0.4, 0.5) is 16.2 Å². The van der Waals surface area contributed by atoms with Gasteiger partial charge in [-0.1, -0.05) is 11.6 Å². The molecule has 0 heterocycles. The van der Waals surface area contributed by atoms with Crippen molar-refractivity contribution in [1.29, 1.82) is 0 Å². The van der Waals surface area contributed by atoms with Crippen molar-refractivity contribution < 1.29 is 19.2 Å². The summed E-state index contributed by atoms with van der Waals surface area (Å²) in [5.74, 6) is -0.122. The lowest BCUT2D eigenvalue weighted by molar-refractivity contribution is -0.384. The molecular weight excluding hydrogens is 352 g/mol. The summed E-state index contributed by atoms with van der Waals surface area (Å²) in [4.78, 5) is 33.2. The molecule has 0 fully saturated rings. The predicted octanol–water partition coefficient (Wildman–Crippen LogP) is 2.48. The molecule has 2 rings (SSSR count). The quantitative estimate of drug-likeness (QED) is 0.555. The van der Waals surface area contributed by atoms with Crippen LogP contribution in [0.25, 0.3) is 0 Å². The van der Waals surface area contributed by atoms with Crippen LogP contribution in [0.3, 0.4) is 0 Å². The SMILES string of the molecule is O=C(COc1ccc(Cl)cc1)NNC(=O)Nc1ccc([N+](=O)[O-])cc1. The lowest BCUT2D eigenvalue weighted by Gasteiger charge is -2.10. The van der Waals surface area contributed by atoms with E-state index in [0.717, 1.165) is 0 Å². The zero-order chi connectivity index (χ0) is 18.2. The van der Waals surface area contributed by atoms with E-state index in [4.69, 9.17) is 16.3 Å². The fourth-order valence-electron chi connectivity index (χ4n) is 1.67. The molecule has 2 aromatic carbocycles. The number of urea groups is 1. The Bertz CT molecular complexity index is 764. The van der Waals surface area contributed by atoms with Crippen molar-refractivity contribution >= 4 is 34.9 Å². The van der Waals surface area contributed by atoms with E-state index in [1.165, 1.54) is 24.3 Å². The number of carbonyl (C=O) groups is 2. The van der Waals surface area contributed by atoms with Gasteiger partial charge >= 0.3 is 6.03 Å². The minimum absolute atomic E-state index is 0.0985. The summed E-state index contributed by atoms with van der Waals surface area (Å²) in [5.41, 5.74) is 4.51. The lowest BCUT2D eigenvalue weighted by Crippen LogP contribution is -2.45. The van der Waals surface area contributed by atoms with Gasteiger partial charge < -0.3 is 10.1 Å². The molecule has 0 aromatic heterocycles. The van der Waals surface area contributed by atoms with Crippen molar-refractivity contribution in [3.8, 4) is 5.75 Å². The minimum atomic E-state index is -0.714. The predicted molar refractivity (Wildman–Crippen MR) is 90.3 cm³/mol. The summed E-state index contributed by atoms with van der Waals surface area (Å²) in [6.07, 6.45) is 0. The number of rotatable bonds is 5. The minimum Gasteiger partial charge on any atom is -0.484 e. The maximum absolute atomic E-state index is 11.6. The van der Waals surface area contributed by atoms with Gasteiger partial charge in [0.1, 0.15) is 5.75 Å². The van der Waals surface area contributed by atoms with Crippen LogP contribution in [0.1, 0.15) is 0 Å². The fourth-order valence-corrected chi connectivity index (χ4v) is 1.80. The van der Waals surface area contributed by atoms with Gasteiger partial charge in [0.2, 0.25) is 0 Å². The lowest BCUT2D eigenvalue weighted by atomic mass is 10.3. The highest BCUT2D eigenvalue weighted by molar-refractivity contribution is 6.30. The van der Waals surface area contributed by atoms with Crippen LogP contribution in [-0.2, 0) is 4.79 Å². The number of benzene rings is 2. The molecular formula is C15H13ClN4O5. The topological polar surface area (TPSA) is 123 Å². The molecule has 0 saturated carbocycles. The van der Waals surface area contributed by atoms with Crippen LogP contribution in [0.5, 0.6) is 5.75 Å². The smallest absolute Gasteiger partial charge is 0.337 e. The van der Waals surface area contributed by atoms with E-state index in [2.05, 4.69) is 16.2 Å². The van der Waals surface area contributed by atoms with Crippen molar-refractivity contribution in [2.75, 3.05) is 11.9 Å². The number of ether oxygens (including phenoxy) is 1. The van der Waals surface area contributed by atoms with Gasteiger partial charge in [-0.05, 0) is 36.4 Å². The van der Waals surface area contributed by atoms with Crippen molar-refractivity contribution in [1.82, 2.24) is 10.9 Å². The molecule has 0 bridgehead atoms. The van der Waals surface area contributed by atoms with Gasteiger partial charge in [-0.25, -0.2) is 10.2 Å². The van der Waals surface area contributed by atoms with E-state index in [9.17, 15) is 19.7 Å². The largest absolute Gasteiger partial charge is 0.484 e. The number of carbonyl (C=O) groups excluding carboxylic acids is 2. The zero-order valence-corrected chi connectivity index (χ0v) is 13.4. The van der Waals surface area contributed by atoms with Crippen LogP contribution in [0, 0.1) is 10.1 Å². The summed E-state index contributed by atoms with van der Waals surface area (Å²) in [7, 11) is 0. The van der Waals surface area contributed by atoms with E-state index >= 15 is 0 Å². The van der Waals surface area contributed by atoms with Crippen LogP contribution in [0.2, 0.25) is 5.02 Å². The Hall–Kier alpha value is -3.33. The third kappa shape index (κ3) is 5.99. The van der Waals surface area contributed by atoms with Crippen LogP contribution in [0.15, 0.2) is 48.5 Å². The Labute approximate surface area is 147 Å². The molecule has 0 aliphatic carbocycles. The average molecular weight is 365 g/mol. The summed E-state index contributed by atoms with van der Waals surface area (Å²) >= 11 is 5.73. The summed E-state index contributed by atoms with van der Waals surface area (Å²) < 4.78 is 5.20. The molecule has 0 atom stereocenters. The molecule has 0 aliphatic rings. The molecule has 0 radical (unpaired) electrons. The van der Waals surface area contributed by atoms with Crippen molar-refractivity contribution in [2.45, 2.75) is 0 Å². The Morgan fingerprint density at radius 1 is 1.04 bits per heavy atom. The van der Waals surface area contributed by atoms with E-state index in [0.29, 0.717) is 16.5 Å². The standard InChI is InChI=1S/C15H13ClN4O5/c16-10-1-7-13(8-2-10)25-9-14(21)18-19-15(22)17-11-3-5-12(6-4-11)20(23)24/h1-8H,9H2,(H,18,21)(H2,17,19,22). The molecule has 3 N–H and O–H groups in total. The van der Waals surface area contributed by atoms with Crippen molar-refractivity contribution in [3.63, 3.8) is 0 Å². The van der Waals surface area contributed by atoms with Gasteiger partial charge in [0, 0.05) is 22.8 Å². The second-order valence-corrected chi connectivity index (χ2v) is 5.11. The second-order valence-electron chi connectivity index (χ2n) is 4.67. The molecule has 25 heavy (non-hydrogen) atoms. The van der Waals surface area contributed by atoms with Crippen LogP contribution >= 0.6 is 11.6 Å². The van der Waals surface area contributed by atoms with Crippen LogP contribution in [-0.4, -0.2) is 23.5 Å². The molecule has 0 saturated heterocycles. The van der Waals surface area contributed by atoms with Crippen molar-refractivity contribution in [3.05, 3.63) is 63.7 Å². The number of anilines is 1. The van der Waals surface area contributed by atoms with Gasteiger partial charge in [-0.15, -0.1) is 0 Å². The summed E-state index contributed by atoms with van der Waals surface area (Å²) in [6, 6.07) is 10.9. The third-order valence-electron chi connectivity index (χ3n) is 2.84. The number of nitro benzene ring substituents is 1. The Morgan fingerprint density at radius 2 is 1.68 bits per heavy atom. The maximum Gasteiger partial charge on any atom is 0.337 e. The molecule has 130 valence electrons. The van der Waals surface area contributed by atoms with E-state index in [1.54, 1.807) is 24.3 Å². The first kappa shape index (κ1) is 18.0. The van der Waals surface area contributed by atoms with E-state index in [-0.39, 0.29) is 12.3 Å². The van der Waals surface area contributed by atoms with E-state index < -0.39 is 16.9 Å². The van der Waals surface area contributed by atoms with Gasteiger partial charge in [-0.3, -0.25) is 20.3 Å². The first-order chi connectivity index (χ1) is 11.9. The number of hydrogen-bond donors (Lipinski definition) is 3. The normalized spacial score (nSPS) is 9.80. The maximum atomic E-state index is 11.6. The first-order valence-electron chi connectivity index (χ1n) is 6.93. The second kappa shape index (κ2) is 8.50. The zero-order valence-electron chi connectivity index (χ0n) is 12.7. The summed E-state index contributed by atoms with van der Waals surface area (Å²) in [5, 5.41) is 13.5. The van der Waals surface area contributed by atoms with E-state index in [1.807, 2.05) is 0 Å². The molecule has 3 amide bonds. The number of hydrogen-bond acceptors (Lipinski definition) is 5. The van der Waals surface area contributed by atoms with Gasteiger partial charge in [0.15, 0.2) is 6.61 Å². The average Bonchev–Trinajstić information content (AvgIpc) is 2.60. The highest BCUT2D eigenvalue weighted by Gasteiger charge is 2.08. The highest BCUT2D eigenvalue weighted by atomic mass is 35.5. The highest BCUT2D eigenvalue weighted by Crippen LogP contribution is 2.16. The molecule has 0 aliphatic heterocycles. The molecule has 2 aromatic rings. The fraction of sp³-hybridized carbons (Fsp3) is 0.0667. The molecule has 0 unspecified atom stereocenters. The Kier molecular flexibility index (Phi) is 6.13. The first-order valence-corrected chi connectivity index (χ1v) is 7.30. The molecule has 0 spiro atoms. The van der Waals surface area contributed by atoms with Crippen molar-refractivity contribution in [2.24, 2.45) is 0 Å². The third-order valence-corrected chi connectivity index (χ3v) is 3.09. The summed E-state index contributed by atoms with van der Waals surface area (Å²) in [6.45, 7) is -0.306.